The molecule has 0 unspecified atom stereocenters. The van der Waals surface area contributed by atoms with Crippen molar-refractivity contribution in [2.24, 2.45) is 0 Å². The highest BCUT2D eigenvalue weighted by Crippen LogP contribution is 2.26. The first-order valence-corrected chi connectivity index (χ1v) is 11.3. The van der Waals surface area contributed by atoms with Crippen molar-refractivity contribution < 1.29 is 14.3 Å². The number of ether oxygens (including phenoxy) is 1. The smallest absolute Gasteiger partial charge is 0.241 e. The van der Waals surface area contributed by atoms with Crippen molar-refractivity contribution >= 4 is 23.2 Å². The van der Waals surface area contributed by atoms with E-state index in [1.165, 1.54) is 10.4 Å². The number of rotatable bonds is 9. The van der Waals surface area contributed by atoms with E-state index < -0.39 is 0 Å². The predicted octanol–water partition coefficient (Wildman–Crippen LogP) is 2.64. The van der Waals surface area contributed by atoms with Crippen LogP contribution < -0.4 is 5.32 Å². The van der Waals surface area contributed by atoms with Crippen molar-refractivity contribution in [3.05, 3.63) is 57.8 Å². The predicted molar refractivity (Wildman–Crippen MR) is 120 cm³/mol. The van der Waals surface area contributed by atoms with Crippen molar-refractivity contribution in [2.45, 2.75) is 25.8 Å². The molecule has 0 spiro atoms. The van der Waals surface area contributed by atoms with E-state index in [0.717, 1.165) is 31.9 Å². The molecule has 162 valence electrons. The van der Waals surface area contributed by atoms with Crippen LogP contribution in [-0.2, 0) is 20.7 Å². The van der Waals surface area contributed by atoms with Gasteiger partial charge in [-0.3, -0.25) is 14.5 Å². The summed E-state index contributed by atoms with van der Waals surface area (Å²) in [5.74, 6) is -0.172. The van der Waals surface area contributed by atoms with Gasteiger partial charge < -0.3 is 15.0 Å². The van der Waals surface area contributed by atoms with E-state index in [1.807, 2.05) is 44.3 Å². The van der Waals surface area contributed by atoms with Crippen LogP contribution in [0.3, 0.4) is 0 Å². The average molecular weight is 430 g/mol. The van der Waals surface area contributed by atoms with Crippen LogP contribution in [0.5, 0.6) is 0 Å². The number of morpholine rings is 1. The van der Waals surface area contributed by atoms with E-state index >= 15 is 0 Å². The highest BCUT2D eigenvalue weighted by molar-refractivity contribution is 7.10. The largest absolute Gasteiger partial charge is 0.379 e. The van der Waals surface area contributed by atoms with Gasteiger partial charge in [0.05, 0.1) is 25.8 Å². The first-order chi connectivity index (χ1) is 14.5. The molecule has 1 aliphatic rings. The Morgan fingerprint density at radius 2 is 1.93 bits per heavy atom. The molecule has 1 aromatic carbocycles. The molecule has 1 atom stereocenters. The molecule has 1 N–H and O–H groups in total. The van der Waals surface area contributed by atoms with E-state index in [2.05, 4.69) is 21.7 Å². The number of likely N-dealkylation sites (N-methyl/N-ethyl adjacent to an activating group) is 1. The minimum Gasteiger partial charge on any atom is -0.379 e. The number of nitrogens with one attached hydrogen (secondary N) is 1. The molecular formula is C23H31N3O3S. The van der Waals surface area contributed by atoms with E-state index in [1.54, 1.807) is 16.2 Å². The van der Waals surface area contributed by atoms with Gasteiger partial charge in [-0.1, -0.05) is 35.9 Å². The Morgan fingerprint density at radius 3 is 2.60 bits per heavy atom. The number of hydrogen-bond donors (Lipinski definition) is 1. The molecule has 1 saturated heterocycles. The molecule has 2 amide bonds. The number of thiophene rings is 1. The third-order valence-electron chi connectivity index (χ3n) is 5.43. The van der Waals surface area contributed by atoms with Gasteiger partial charge in [-0.2, -0.15) is 0 Å². The molecular weight excluding hydrogens is 398 g/mol. The lowest BCUT2D eigenvalue weighted by molar-refractivity contribution is -0.132. The van der Waals surface area contributed by atoms with Crippen LogP contribution in [0.25, 0.3) is 0 Å². The lowest BCUT2D eigenvalue weighted by Gasteiger charge is -2.36. The quantitative estimate of drug-likeness (QED) is 0.666. The first kappa shape index (κ1) is 22.5. The molecule has 2 heterocycles. The lowest BCUT2D eigenvalue weighted by Crippen LogP contribution is -2.46. The zero-order valence-corrected chi connectivity index (χ0v) is 18.6. The molecule has 1 aliphatic heterocycles. The maximum Gasteiger partial charge on any atom is 0.241 e. The third kappa shape index (κ3) is 6.65. The van der Waals surface area contributed by atoms with Crippen LogP contribution in [-0.4, -0.2) is 68.1 Å². The van der Waals surface area contributed by atoms with Gasteiger partial charge >= 0.3 is 0 Å². The number of aryl methyl sites for hydroxylation is 2. The molecule has 0 saturated carbocycles. The molecule has 3 rings (SSSR count). The summed E-state index contributed by atoms with van der Waals surface area (Å²) in [4.78, 5) is 30.1. The van der Waals surface area contributed by atoms with Crippen molar-refractivity contribution in [1.82, 2.24) is 15.1 Å². The van der Waals surface area contributed by atoms with Crippen molar-refractivity contribution in [1.29, 1.82) is 0 Å². The number of hydrogen-bond acceptors (Lipinski definition) is 5. The second kappa shape index (κ2) is 11.2. The second-order valence-corrected chi connectivity index (χ2v) is 8.70. The summed E-state index contributed by atoms with van der Waals surface area (Å²) in [6.45, 7) is 5.83. The summed E-state index contributed by atoms with van der Waals surface area (Å²) >= 11 is 1.71. The number of nitrogens with zero attached hydrogens (tertiary/aromatic N) is 2. The number of amides is 2. The Bertz CT molecular complexity index is 802. The van der Waals surface area contributed by atoms with Gasteiger partial charge in [0.25, 0.3) is 0 Å². The topological polar surface area (TPSA) is 61.9 Å². The Morgan fingerprint density at radius 1 is 1.20 bits per heavy atom. The van der Waals surface area contributed by atoms with Crippen molar-refractivity contribution in [2.75, 3.05) is 46.4 Å². The summed E-state index contributed by atoms with van der Waals surface area (Å²) < 4.78 is 5.48. The van der Waals surface area contributed by atoms with Gasteiger partial charge in [0, 0.05) is 38.0 Å². The van der Waals surface area contributed by atoms with Gasteiger partial charge in [-0.05, 0) is 30.4 Å². The summed E-state index contributed by atoms with van der Waals surface area (Å²) in [5.41, 5.74) is 2.33. The van der Waals surface area contributed by atoms with Gasteiger partial charge in [-0.25, -0.2) is 0 Å². The zero-order valence-electron chi connectivity index (χ0n) is 17.8. The molecule has 7 heteroatoms. The second-order valence-electron chi connectivity index (χ2n) is 7.72. The molecule has 0 bridgehead atoms. The molecule has 2 aromatic rings. The monoisotopic (exact) mass is 429 g/mol. The fourth-order valence-corrected chi connectivity index (χ4v) is 4.38. The van der Waals surface area contributed by atoms with E-state index in [4.69, 9.17) is 4.74 Å². The summed E-state index contributed by atoms with van der Waals surface area (Å²) in [7, 11) is 1.81. The Hall–Kier alpha value is -2.22. The maximum absolute atomic E-state index is 12.6. The van der Waals surface area contributed by atoms with Crippen LogP contribution >= 0.6 is 11.3 Å². The van der Waals surface area contributed by atoms with Crippen LogP contribution in [0.15, 0.2) is 41.8 Å². The van der Waals surface area contributed by atoms with E-state index in [0.29, 0.717) is 19.4 Å². The summed E-state index contributed by atoms with van der Waals surface area (Å²) in [6, 6.07) is 12.5. The van der Waals surface area contributed by atoms with Crippen LogP contribution in [0, 0.1) is 6.92 Å². The first-order valence-electron chi connectivity index (χ1n) is 10.4. The third-order valence-corrected chi connectivity index (χ3v) is 6.40. The Labute approximate surface area is 182 Å². The molecule has 30 heavy (non-hydrogen) atoms. The Kier molecular flexibility index (Phi) is 8.42. The highest BCUT2D eigenvalue weighted by Gasteiger charge is 2.26. The summed E-state index contributed by atoms with van der Waals surface area (Å²) in [6.07, 6.45) is 1.05. The van der Waals surface area contributed by atoms with Crippen molar-refractivity contribution in [3.8, 4) is 0 Å². The Balaban J connectivity index is 1.46. The van der Waals surface area contributed by atoms with Gasteiger partial charge in [-0.15, -0.1) is 11.3 Å². The maximum atomic E-state index is 12.6. The van der Waals surface area contributed by atoms with Crippen LogP contribution in [0.4, 0.5) is 0 Å². The zero-order chi connectivity index (χ0) is 21.3. The van der Waals surface area contributed by atoms with Crippen molar-refractivity contribution in [3.63, 3.8) is 0 Å². The minimum absolute atomic E-state index is 0.0313. The molecule has 6 nitrogen and oxygen atoms in total. The number of carbonyl (C=O) groups is 2. The van der Waals surface area contributed by atoms with Gasteiger partial charge in [0.1, 0.15) is 0 Å². The number of benzene rings is 1. The lowest BCUT2D eigenvalue weighted by atomic mass is 10.1. The van der Waals surface area contributed by atoms with Crippen LogP contribution in [0.2, 0.25) is 0 Å². The number of carbonyl (C=O) groups excluding carboxylic acids is 2. The molecule has 0 radical (unpaired) electrons. The van der Waals surface area contributed by atoms with E-state index in [9.17, 15) is 9.59 Å². The highest BCUT2D eigenvalue weighted by atomic mass is 32.1. The standard InChI is InChI=1S/C23H31N3O3S/c1-18-5-7-19(8-6-18)9-10-22(27)24-16-23(28)25(2)17-20(21-4-3-15-30-21)26-11-13-29-14-12-26/h3-8,15,20H,9-14,16-17H2,1-2H3,(H,24,27)/t20-/m1/s1. The molecule has 0 aliphatic carbocycles. The fourth-order valence-electron chi connectivity index (χ4n) is 3.53. The SMILES string of the molecule is Cc1ccc(CCC(=O)NCC(=O)N(C)C[C@H](c2cccs2)N2CCOCC2)cc1. The van der Waals surface area contributed by atoms with E-state index in [-0.39, 0.29) is 24.4 Å². The normalized spacial score (nSPS) is 15.5. The minimum atomic E-state index is -0.0969. The molecule has 1 fully saturated rings. The van der Waals surface area contributed by atoms with Gasteiger partial charge in [0.2, 0.25) is 11.8 Å². The fraction of sp³-hybridized carbons (Fsp3) is 0.478. The van der Waals surface area contributed by atoms with Gasteiger partial charge in [0.15, 0.2) is 0 Å². The summed E-state index contributed by atoms with van der Waals surface area (Å²) in [5, 5.41) is 4.84. The van der Waals surface area contributed by atoms with Crippen LogP contribution in [0.1, 0.15) is 28.5 Å². The molecule has 1 aromatic heterocycles. The average Bonchev–Trinajstić information content (AvgIpc) is 3.30.